The van der Waals surface area contributed by atoms with Crippen molar-refractivity contribution in [1.29, 1.82) is 0 Å². The largest absolute Gasteiger partial charge is 0.344 e. The first-order chi connectivity index (χ1) is 12.6. The Balaban J connectivity index is 1.36. The van der Waals surface area contributed by atoms with Crippen molar-refractivity contribution in [2.75, 3.05) is 26.4 Å². The molecule has 2 aliphatic rings. The molecule has 138 valence electrons. The molecule has 0 atom stereocenters. The summed E-state index contributed by atoms with van der Waals surface area (Å²) in [5.41, 5.74) is 2.11. The van der Waals surface area contributed by atoms with E-state index in [1.807, 2.05) is 13.8 Å². The number of rotatable bonds is 5. The van der Waals surface area contributed by atoms with E-state index in [1.54, 1.807) is 21.6 Å². The van der Waals surface area contributed by atoms with Crippen LogP contribution in [0, 0.1) is 0 Å². The second-order valence-electron chi connectivity index (χ2n) is 6.50. The third kappa shape index (κ3) is 3.81. The van der Waals surface area contributed by atoms with E-state index in [-0.39, 0.29) is 0 Å². The number of hydrogen-bond donors (Lipinski definition) is 0. The second kappa shape index (κ2) is 7.54. The predicted molar refractivity (Wildman–Crippen MR) is 103 cm³/mol. The first kappa shape index (κ1) is 18.3. The molecule has 2 saturated heterocycles. The van der Waals surface area contributed by atoms with Gasteiger partial charge in [0.15, 0.2) is 11.6 Å². The molecule has 0 aromatic heterocycles. The maximum atomic E-state index is 5.70. The average molecular weight is 391 g/mol. The van der Waals surface area contributed by atoms with Crippen molar-refractivity contribution in [3.63, 3.8) is 0 Å². The third-order valence-corrected chi connectivity index (χ3v) is 7.09. The molecule has 0 saturated carbocycles. The fraction of sp³-hybridized carbons (Fsp3) is 0.400. The van der Waals surface area contributed by atoms with Crippen LogP contribution < -0.4 is 0 Å². The first-order valence-corrected chi connectivity index (χ1v) is 10.8. The predicted octanol–water partition coefficient (Wildman–Crippen LogP) is 4.93. The third-order valence-electron chi connectivity index (χ3n) is 4.67. The highest BCUT2D eigenvalue weighted by Crippen LogP contribution is 2.40. The lowest BCUT2D eigenvalue weighted by Crippen LogP contribution is -2.22. The van der Waals surface area contributed by atoms with Crippen molar-refractivity contribution >= 4 is 21.6 Å². The monoisotopic (exact) mass is 390 g/mol. The fourth-order valence-electron chi connectivity index (χ4n) is 3.09. The molecule has 2 aromatic rings. The zero-order valence-corrected chi connectivity index (χ0v) is 16.5. The van der Waals surface area contributed by atoms with Gasteiger partial charge in [-0.2, -0.15) is 0 Å². The van der Waals surface area contributed by atoms with E-state index in [0.717, 1.165) is 11.1 Å². The van der Waals surface area contributed by atoms with Crippen LogP contribution in [0.25, 0.3) is 0 Å². The number of ether oxygens (including phenoxy) is 4. The smallest absolute Gasteiger partial charge is 0.192 e. The van der Waals surface area contributed by atoms with Gasteiger partial charge >= 0.3 is 0 Å². The van der Waals surface area contributed by atoms with E-state index in [1.165, 1.54) is 9.79 Å². The van der Waals surface area contributed by atoms with Gasteiger partial charge in [-0.25, -0.2) is 0 Å². The molecule has 2 heterocycles. The molecule has 2 aliphatic heterocycles. The van der Waals surface area contributed by atoms with Crippen LogP contribution in [0.2, 0.25) is 0 Å². The van der Waals surface area contributed by atoms with Crippen LogP contribution in [0.4, 0.5) is 0 Å². The zero-order valence-electron chi connectivity index (χ0n) is 14.9. The van der Waals surface area contributed by atoms with Crippen molar-refractivity contribution in [1.82, 2.24) is 0 Å². The summed E-state index contributed by atoms with van der Waals surface area (Å²) in [5.74, 6) is -1.21. The number of benzene rings is 2. The van der Waals surface area contributed by atoms with Crippen LogP contribution in [-0.4, -0.2) is 26.4 Å². The molecule has 0 unspecified atom stereocenters. The molecular weight excluding hydrogens is 368 g/mol. The van der Waals surface area contributed by atoms with E-state index >= 15 is 0 Å². The van der Waals surface area contributed by atoms with Gasteiger partial charge in [0, 0.05) is 20.9 Å². The fourth-order valence-corrected chi connectivity index (χ4v) is 5.02. The molecule has 0 amide bonds. The Labute approximate surface area is 161 Å². The maximum absolute atomic E-state index is 5.70. The summed E-state index contributed by atoms with van der Waals surface area (Å²) >= 11 is 0. The van der Waals surface area contributed by atoms with E-state index in [0.29, 0.717) is 26.4 Å². The molecule has 6 heteroatoms. The standard InChI is InChI=1S/C20H22O4S2/c1-19(21-11-12-22-19)15-3-7-17(8-4-15)25-26-18-9-5-16(6-10-18)20(2)23-13-14-24-20/h3-10H,11-14H2,1-2H3. The molecule has 0 N–H and O–H groups in total. The van der Waals surface area contributed by atoms with Crippen LogP contribution in [0.15, 0.2) is 58.3 Å². The Morgan fingerprint density at radius 2 is 0.885 bits per heavy atom. The molecule has 0 radical (unpaired) electrons. The highest BCUT2D eigenvalue weighted by molar-refractivity contribution is 8.76. The van der Waals surface area contributed by atoms with E-state index in [2.05, 4.69) is 48.5 Å². The minimum Gasteiger partial charge on any atom is -0.344 e. The van der Waals surface area contributed by atoms with Crippen molar-refractivity contribution in [3.8, 4) is 0 Å². The number of hydrogen-bond acceptors (Lipinski definition) is 6. The molecule has 26 heavy (non-hydrogen) atoms. The minimum atomic E-state index is -0.605. The minimum absolute atomic E-state index is 0.605. The van der Waals surface area contributed by atoms with Crippen molar-refractivity contribution in [3.05, 3.63) is 59.7 Å². The molecule has 0 spiro atoms. The van der Waals surface area contributed by atoms with Crippen molar-refractivity contribution in [2.24, 2.45) is 0 Å². The first-order valence-electron chi connectivity index (χ1n) is 8.69. The second-order valence-corrected chi connectivity index (χ2v) is 8.78. The Bertz CT molecular complexity index is 668. The quantitative estimate of drug-likeness (QED) is 0.674. The van der Waals surface area contributed by atoms with Gasteiger partial charge in [0.2, 0.25) is 0 Å². The van der Waals surface area contributed by atoms with Crippen LogP contribution >= 0.6 is 21.6 Å². The van der Waals surface area contributed by atoms with Crippen molar-refractivity contribution < 1.29 is 18.9 Å². The van der Waals surface area contributed by atoms with Crippen molar-refractivity contribution in [2.45, 2.75) is 35.2 Å². The molecule has 0 aliphatic carbocycles. The summed E-state index contributed by atoms with van der Waals surface area (Å²) in [7, 11) is 3.47. The molecule has 2 aromatic carbocycles. The van der Waals surface area contributed by atoms with Gasteiger partial charge < -0.3 is 18.9 Å². The summed E-state index contributed by atoms with van der Waals surface area (Å²) < 4.78 is 22.8. The molecule has 4 nitrogen and oxygen atoms in total. The topological polar surface area (TPSA) is 36.9 Å². The Kier molecular flexibility index (Phi) is 5.32. The Hall–Kier alpha value is -1.02. The Morgan fingerprint density at radius 3 is 1.19 bits per heavy atom. The average Bonchev–Trinajstić information content (AvgIpc) is 3.31. The summed E-state index contributed by atoms with van der Waals surface area (Å²) in [6.07, 6.45) is 0. The van der Waals surface area contributed by atoms with Gasteiger partial charge in [0.1, 0.15) is 0 Å². The SMILES string of the molecule is CC1(c2ccc(SSc3ccc(C4(C)OCCO4)cc3)cc2)OCCO1. The van der Waals surface area contributed by atoms with Crippen LogP contribution in [-0.2, 0) is 30.5 Å². The van der Waals surface area contributed by atoms with E-state index in [4.69, 9.17) is 18.9 Å². The van der Waals surface area contributed by atoms with Gasteiger partial charge in [0.05, 0.1) is 26.4 Å². The van der Waals surface area contributed by atoms with E-state index < -0.39 is 11.6 Å². The molecular formula is C20H22O4S2. The van der Waals surface area contributed by atoms with Gasteiger partial charge in [-0.1, -0.05) is 45.9 Å². The van der Waals surface area contributed by atoms with Crippen LogP contribution in [0.3, 0.4) is 0 Å². The zero-order chi connectivity index (χ0) is 18.0. The van der Waals surface area contributed by atoms with Gasteiger partial charge in [-0.3, -0.25) is 0 Å². The van der Waals surface area contributed by atoms with Gasteiger partial charge in [0.25, 0.3) is 0 Å². The lowest BCUT2D eigenvalue weighted by molar-refractivity contribution is -0.150. The summed E-state index contributed by atoms with van der Waals surface area (Å²) in [5, 5.41) is 0. The lowest BCUT2D eigenvalue weighted by Gasteiger charge is -2.23. The highest BCUT2D eigenvalue weighted by Gasteiger charge is 2.33. The van der Waals surface area contributed by atoms with Gasteiger partial charge in [-0.15, -0.1) is 0 Å². The highest BCUT2D eigenvalue weighted by atomic mass is 33.1. The van der Waals surface area contributed by atoms with Crippen LogP contribution in [0.1, 0.15) is 25.0 Å². The molecule has 0 bridgehead atoms. The molecule has 2 fully saturated rings. The summed E-state index contributed by atoms with van der Waals surface area (Å²) in [4.78, 5) is 2.39. The normalized spacial score (nSPS) is 21.2. The lowest BCUT2D eigenvalue weighted by atomic mass is 10.1. The summed E-state index contributed by atoms with van der Waals surface area (Å²) in [6, 6.07) is 16.7. The Morgan fingerprint density at radius 1 is 0.577 bits per heavy atom. The van der Waals surface area contributed by atoms with Crippen LogP contribution in [0.5, 0.6) is 0 Å². The van der Waals surface area contributed by atoms with Gasteiger partial charge in [-0.05, 0) is 38.1 Å². The maximum Gasteiger partial charge on any atom is 0.192 e. The molecule has 4 rings (SSSR count). The summed E-state index contributed by atoms with van der Waals surface area (Å²) in [6.45, 7) is 6.53. The van der Waals surface area contributed by atoms with E-state index in [9.17, 15) is 0 Å².